The summed E-state index contributed by atoms with van der Waals surface area (Å²) < 4.78 is 23.2. The van der Waals surface area contributed by atoms with E-state index in [2.05, 4.69) is 10.3 Å². The number of nitrogens with one attached hydrogen (secondary N) is 1. The summed E-state index contributed by atoms with van der Waals surface area (Å²) in [7, 11) is -3.08. The number of hydrogen-bond donors (Lipinski definition) is 2. The van der Waals surface area contributed by atoms with Crippen LogP contribution < -0.4 is 11.1 Å². The van der Waals surface area contributed by atoms with Gasteiger partial charge in [0.2, 0.25) is 0 Å². The molecule has 6 heteroatoms. The molecule has 2 aliphatic rings. The first-order valence-corrected chi connectivity index (χ1v) is 9.05. The smallest absolute Gasteiger partial charge is 0.188 e. The molecule has 2 rings (SSSR count). The second-order valence-electron chi connectivity index (χ2n) is 6.04. The topological polar surface area (TPSA) is 84.5 Å². The Morgan fingerprint density at radius 2 is 1.95 bits per heavy atom. The van der Waals surface area contributed by atoms with Gasteiger partial charge in [-0.2, -0.15) is 0 Å². The van der Waals surface area contributed by atoms with Gasteiger partial charge in [0.1, 0.15) is 0 Å². The van der Waals surface area contributed by atoms with E-state index in [1.165, 1.54) is 25.5 Å². The molecule has 2 aliphatic carbocycles. The van der Waals surface area contributed by atoms with E-state index in [1.54, 1.807) is 0 Å². The van der Waals surface area contributed by atoms with Crippen LogP contribution in [0.5, 0.6) is 0 Å². The van der Waals surface area contributed by atoms with E-state index in [-0.39, 0.29) is 0 Å². The van der Waals surface area contributed by atoms with Crippen LogP contribution in [-0.2, 0) is 9.84 Å². The highest BCUT2D eigenvalue weighted by molar-refractivity contribution is 7.92. The van der Waals surface area contributed by atoms with Gasteiger partial charge in [-0.3, -0.25) is 4.99 Å². The van der Waals surface area contributed by atoms with Crippen LogP contribution in [0, 0.1) is 5.92 Å². The Balaban J connectivity index is 1.90. The van der Waals surface area contributed by atoms with E-state index in [0.29, 0.717) is 31.3 Å². The van der Waals surface area contributed by atoms with Crippen molar-refractivity contribution >= 4 is 15.8 Å². The molecule has 2 saturated carbocycles. The number of nitrogens with zero attached hydrogens (tertiary/aromatic N) is 1. The molecule has 110 valence electrons. The molecule has 2 fully saturated rings. The van der Waals surface area contributed by atoms with Crippen LogP contribution in [0.4, 0.5) is 0 Å². The van der Waals surface area contributed by atoms with Gasteiger partial charge in [-0.05, 0) is 31.6 Å². The maximum atomic E-state index is 12.0. The molecular formula is C13H25N3O2S. The van der Waals surface area contributed by atoms with Crippen LogP contribution >= 0.6 is 0 Å². The zero-order valence-electron chi connectivity index (χ0n) is 11.7. The summed E-state index contributed by atoms with van der Waals surface area (Å²) >= 11 is 0. The van der Waals surface area contributed by atoms with Gasteiger partial charge >= 0.3 is 0 Å². The number of guanidine groups is 1. The van der Waals surface area contributed by atoms with Crippen LogP contribution in [0.15, 0.2) is 4.99 Å². The lowest BCUT2D eigenvalue weighted by Gasteiger charge is -2.26. The predicted molar refractivity (Wildman–Crippen MR) is 77.9 cm³/mol. The van der Waals surface area contributed by atoms with Crippen molar-refractivity contribution in [1.29, 1.82) is 0 Å². The lowest BCUT2D eigenvalue weighted by molar-refractivity contribution is 0.315. The summed E-state index contributed by atoms with van der Waals surface area (Å²) in [6.45, 7) is 1.16. The quantitative estimate of drug-likeness (QED) is 0.584. The van der Waals surface area contributed by atoms with Crippen molar-refractivity contribution in [2.24, 2.45) is 16.6 Å². The summed E-state index contributed by atoms with van der Waals surface area (Å²) in [5.41, 5.74) is 5.83. The minimum Gasteiger partial charge on any atom is -0.370 e. The molecule has 0 bridgehead atoms. The van der Waals surface area contributed by atoms with Crippen molar-refractivity contribution in [2.75, 3.05) is 19.3 Å². The Kier molecular flexibility index (Phi) is 4.38. The fourth-order valence-electron chi connectivity index (χ4n) is 2.90. The van der Waals surface area contributed by atoms with Crippen LogP contribution in [0.25, 0.3) is 0 Å². The van der Waals surface area contributed by atoms with E-state index in [4.69, 9.17) is 5.73 Å². The molecule has 0 aromatic carbocycles. The third kappa shape index (κ3) is 3.41. The molecule has 0 aromatic heterocycles. The number of sulfone groups is 1. The normalized spacial score (nSPS) is 24.2. The maximum absolute atomic E-state index is 12.0. The highest BCUT2D eigenvalue weighted by Crippen LogP contribution is 2.36. The van der Waals surface area contributed by atoms with Gasteiger partial charge in [0.05, 0.1) is 11.3 Å². The van der Waals surface area contributed by atoms with Crippen molar-refractivity contribution in [3.05, 3.63) is 0 Å². The van der Waals surface area contributed by atoms with Crippen molar-refractivity contribution in [3.8, 4) is 0 Å². The largest absolute Gasteiger partial charge is 0.370 e. The third-order valence-corrected chi connectivity index (χ3v) is 6.75. The molecule has 0 atom stereocenters. The highest BCUT2D eigenvalue weighted by Gasteiger charge is 2.43. The van der Waals surface area contributed by atoms with Crippen molar-refractivity contribution in [1.82, 2.24) is 5.32 Å². The molecular weight excluding hydrogens is 262 g/mol. The summed E-state index contributed by atoms with van der Waals surface area (Å²) in [5, 5.41) is 3.11. The SMILES string of the molecule is CS(=O)(=O)C1(CN=C(N)NCC2CCC2)CCCC1. The summed E-state index contributed by atoms with van der Waals surface area (Å²) in [4.78, 5) is 4.28. The predicted octanol–water partition coefficient (Wildman–Crippen LogP) is 1.05. The molecule has 0 radical (unpaired) electrons. The van der Waals surface area contributed by atoms with Gasteiger partial charge < -0.3 is 11.1 Å². The fraction of sp³-hybridized carbons (Fsp3) is 0.923. The summed E-state index contributed by atoms with van der Waals surface area (Å²) in [6, 6.07) is 0. The number of hydrogen-bond acceptors (Lipinski definition) is 3. The molecule has 5 nitrogen and oxygen atoms in total. The lowest BCUT2D eigenvalue weighted by Crippen LogP contribution is -2.41. The van der Waals surface area contributed by atoms with Gasteiger partial charge in [0.15, 0.2) is 15.8 Å². The first-order valence-electron chi connectivity index (χ1n) is 7.16. The molecule has 19 heavy (non-hydrogen) atoms. The molecule has 3 N–H and O–H groups in total. The van der Waals surface area contributed by atoms with Crippen LogP contribution in [0.2, 0.25) is 0 Å². The number of rotatable bonds is 5. The zero-order valence-corrected chi connectivity index (χ0v) is 12.5. The second-order valence-corrected chi connectivity index (χ2v) is 8.45. The Morgan fingerprint density at radius 3 is 2.42 bits per heavy atom. The van der Waals surface area contributed by atoms with Crippen LogP contribution in [0.1, 0.15) is 44.9 Å². The van der Waals surface area contributed by atoms with Crippen LogP contribution in [0.3, 0.4) is 0 Å². The molecule has 0 saturated heterocycles. The standard InChI is InChI=1S/C13H25N3O2S/c1-19(17,18)13(7-2-3-8-13)10-16-12(14)15-9-11-5-4-6-11/h11H,2-10H2,1H3,(H3,14,15,16). The van der Waals surface area contributed by atoms with Crippen molar-refractivity contribution in [3.63, 3.8) is 0 Å². The first kappa shape index (κ1) is 14.6. The highest BCUT2D eigenvalue weighted by atomic mass is 32.2. The van der Waals surface area contributed by atoms with E-state index in [1.807, 2.05) is 0 Å². The van der Waals surface area contributed by atoms with E-state index in [0.717, 1.165) is 19.4 Å². The monoisotopic (exact) mass is 287 g/mol. The summed E-state index contributed by atoms with van der Waals surface area (Å²) in [5.74, 6) is 1.10. The van der Waals surface area contributed by atoms with E-state index in [9.17, 15) is 8.42 Å². The Labute approximate surface area is 116 Å². The fourth-order valence-corrected chi connectivity index (χ4v) is 4.23. The Morgan fingerprint density at radius 1 is 1.32 bits per heavy atom. The molecule has 0 aliphatic heterocycles. The molecule has 0 aromatic rings. The first-order chi connectivity index (χ1) is 8.93. The number of nitrogens with two attached hydrogens (primary N) is 1. The van der Waals surface area contributed by atoms with Gasteiger partial charge in [-0.25, -0.2) is 8.42 Å². The third-order valence-electron chi connectivity index (χ3n) is 4.64. The second kappa shape index (κ2) is 5.69. The molecule has 0 heterocycles. The van der Waals surface area contributed by atoms with Crippen molar-refractivity contribution < 1.29 is 8.42 Å². The van der Waals surface area contributed by atoms with E-state index < -0.39 is 14.6 Å². The zero-order chi connectivity index (χ0) is 13.9. The molecule has 0 spiro atoms. The minimum atomic E-state index is -3.08. The average Bonchev–Trinajstić information content (AvgIpc) is 2.73. The van der Waals surface area contributed by atoms with Crippen molar-refractivity contribution in [2.45, 2.75) is 49.7 Å². The molecule has 0 amide bonds. The minimum absolute atomic E-state index is 0.301. The van der Waals surface area contributed by atoms with Gasteiger partial charge in [-0.1, -0.05) is 19.3 Å². The van der Waals surface area contributed by atoms with Gasteiger partial charge in [-0.15, -0.1) is 0 Å². The number of aliphatic imine (C=N–C) groups is 1. The molecule has 0 unspecified atom stereocenters. The summed E-state index contributed by atoms with van der Waals surface area (Å²) in [6.07, 6.45) is 8.51. The van der Waals surface area contributed by atoms with E-state index >= 15 is 0 Å². The Hall–Kier alpha value is -0.780. The Bertz CT molecular complexity index is 435. The van der Waals surface area contributed by atoms with Gasteiger partial charge in [0, 0.05) is 12.8 Å². The maximum Gasteiger partial charge on any atom is 0.188 e. The van der Waals surface area contributed by atoms with Crippen LogP contribution in [-0.4, -0.2) is 38.5 Å². The average molecular weight is 287 g/mol. The van der Waals surface area contributed by atoms with Gasteiger partial charge in [0.25, 0.3) is 0 Å². The lowest BCUT2D eigenvalue weighted by atomic mass is 9.85.